The van der Waals surface area contributed by atoms with Crippen LogP contribution in [-0.2, 0) is 20.3 Å². The van der Waals surface area contributed by atoms with Crippen LogP contribution in [0, 0.1) is 5.53 Å². The number of benzene rings is 2. The Labute approximate surface area is 161 Å². The maximum absolute atomic E-state index is 12.9. The van der Waals surface area contributed by atoms with Gasteiger partial charge in [-0.2, -0.15) is 5.11 Å². The van der Waals surface area contributed by atoms with Crippen LogP contribution in [0.25, 0.3) is 10.2 Å². The number of hydrogen-bond acceptors (Lipinski definition) is 8. The first-order chi connectivity index (χ1) is 13.1. The van der Waals surface area contributed by atoms with Gasteiger partial charge in [0.15, 0.2) is 15.0 Å². The molecule has 0 unspecified atom stereocenters. The predicted molar refractivity (Wildman–Crippen MR) is 105 cm³/mol. The second-order valence-corrected chi connectivity index (χ2v) is 9.21. The molecule has 2 heterocycles. The molecule has 0 aliphatic carbocycles. The highest BCUT2D eigenvalue weighted by Gasteiger charge is 2.23. The van der Waals surface area contributed by atoms with Gasteiger partial charge in [-0.05, 0) is 17.7 Å². The smallest absolute Gasteiger partial charge is 0.186 e. The number of fused-ring (bicyclic) bond motifs is 1. The van der Waals surface area contributed by atoms with E-state index in [1.54, 1.807) is 36.4 Å². The van der Waals surface area contributed by atoms with Gasteiger partial charge in [-0.1, -0.05) is 41.7 Å². The largest absolute Gasteiger partial charge is 0.378 e. The Balaban J connectivity index is 1.74. The zero-order valence-corrected chi connectivity index (χ0v) is 16.1. The monoisotopic (exact) mass is 402 g/mol. The fourth-order valence-electron chi connectivity index (χ4n) is 3.03. The van der Waals surface area contributed by atoms with Gasteiger partial charge < -0.3 is 9.64 Å². The Morgan fingerprint density at radius 1 is 1.19 bits per heavy atom. The molecule has 1 saturated heterocycles. The SMILES string of the molecule is N=Nc1cc2sc(N3CCOCC3)nc2cc1S(=O)(=O)Cc1ccccc1. The zero-order valence-electron chi connectivity index (χ0n) is 14.5. The summed E-state index contributed by atoms with van der Waals surface area (Å²) in [6.45, 7) is 2.82. The zero-order chi connectivity index (χ0) is 18.9. The molecule has 0 radical (unpaired) electrons. The molecule has 1 aliphatic rings. The van der Waals surface area contributed by atoms with Crippen molar-refractivity contribution < 1.29 is 13.2 Å². The minimum absolute atomic E-state index is 0.0488. The van der Waals surface area contributed by atoms with E-state index in [1.807, 2.05) is 6.07 Å². The van der Waals surface area contributed by atoms with Crippen molar-refractivity contribution in [1.29, 1.82) is 5.53 Å². The van der Waals surface area contributed by atoms with E-state index in [2.05, 4.69) is 15.0 Å². The van der Waals surface area contributed by atoms with Crippen LogP contribution < -0.4 is 4.90 Å². The first-order valence-electron chi connectivity index (χ1n) is 8.48. The van der Waals surface area contributed by atoms with Gasteiger partial charge in [-0.25, -0.2) is 18.9 Å². The Kier molecular flexibility index (Phi) is 4.90. The van der Waals surface area contributed by atoms with Gasteiger partial charge in [0.05, 0.1) is 34.1 Å². The van der Waals surface area contributed by atoms with Crippen molar-refractivity contribution >= 4 is 42.2 Å². The van der Waals surface area contributed by atoms with Gasteiger partial charge in [-0.15, -0.1) is 0 Å². The molecule has 1 aromatic heterocycles. The second kappa shape index (κ2) is 7.34. The summed E-state index contributed by atoms with van der Waals surface area (Å²) >= 11 is 1.48. The number of ether oxygens (including phenoxy) is 1. The number of anilines is 1. The van der Waals surface area contributed by atoms with Crippen LogP contribution in [0.4, 0.5) is 10.8 Å². The second-order valence-electron chi connectivity index (χ2n) is 6.24. The number of morpholine rings is 1. The molecule has 9 heteroatoms. The van der Waals surface area contributed by atoms with Crippen LogP contribution in [0.15, 0.2) is 52.5 Å². The topological polar surface area (TPSA) is 95.7 Å². The fraction of sp³-hybridized carbons (Fsp3) is 0.278. The summed E-state index contributed by atoms with van der Waals surface area (Å²) in [5, 5.41) is 4.30. The van der Waals surface area contributed by atoms with Crippen LogP contribution in [0.1, 0.15) is 5.56 Å². The van der Waals surface area contributed by atoms with Gasteiger partial charge in [-0.3, -0.25) is 0 Å². The van der Waals surface area contributed by atoms with E-state index in [0.717, 1.165) is 22.9 Å². The third-order valence-corrected chi connectivity index (χ3v) is 7.18. The molecule has 3 aromatic rings. The summed E-state index contributed by atoms with van der Waals surface area (Å²) < 4.78 is 32.1. The van der Waals surface area contributed by atoms with Gasteiger partial charge >= 0.3 is 0 Å². The molecule has 0 spiro atoms. The van der Waals surface area contributed by atoms with Crippen molar-refractivity contribution in [2.24, 2.45) is 5.11 Å². The minimum atomic E-state index is -3.65. The molecule has 0 bridgehead atoms. The quantitative estimate of drug-likeness (QED) is 0.656. The van der Waals surface area contributed by atoms with Crippen LogP contribution in [0.2, 0.25) is 0 Å². The average Bonchev–Trinajstić information content (AvgIpc) is 3.11. The van der Waals surface area contributed by atoms with E-state index in [4.69, 9.17) is 10.3 Å². The standard InChI is InChI=1S/C18H18N4O3S2/c19-21-15-10-16-14(20-18(26-16)22-6-8-25-9-7-22)11-17(15)27(23,24)12-13-4-2-1-3-5-13/h1-5,10-11,19H,6-9,12H2. The molecule has 4 rings (SSSR count). The molecule has 27 heavy (non-hydrogen) atoms. The van der Waals surface area contributed by atoms with Crippen molar-refractivity contribution in [3.63, 3.8) is 0 Å². The van der Waals surface area contributed by atoms with E-state index < -0.39 is 9.84 Å². The first kappa shape index (κ1) is 18.0. The normalized spacial score (nSPS) is 15.2. The first-order valence-corrected chi connectivity index (χ1v) is 10.9. The molecule has 1 aliphatic heterocycles. The Bertz CT molecular complexity index is 1070. The van der Waals surface area contributed by atoms with Crippen LogP contribution in [0.3, 0.4) is 0 Å². The van der Waals surface area contributed by atoms with Crippen molar-refractivity contribution in [2.75, 3.05) is 31.2 Å². The lowest BCUT2D eigenvalue weighted by atomic mass is 10.2. The van der Waals surface area contributed by atoms with Gasteiger partial charge in [0, 0.05) is 13.1 Å². The Morgan fingerprint density at radius 2 is 1.93 bits per heavy atom. The van der Waals surface area contributed by atoms with Gasteiger partial charge in [0.25, 0.3) is 0 Å². The lowest BCUT2D eigenvalue weighted by molar-refractivity contribution is 0.122. The van der Waals surface area contributed by atoms with Gasteiger partial charge in [0.1, 0.15) is 5.69 Å². The van der Waals surface area contributed by atoms with Crippen molar-refractivity contribution in [2.45, 2.75) is 10.6 Å². The molecule has 1 N–H and O–H groups in total. The van der Waals surface area contributed by atoms with Crippen LogP contribution in [0.5, 0.6) is 0 Å². The van der Waals surface area contributed by atoms with E-state index in [1.165, 1.54) is 11.3 Å². The third kappa shape index (κ3) is 3.71. The highest BCUT2D eigenvalue weighted by atomic mass is 32.2. The van der Waals surface area contributed by atoms with Crippen molar-refractivity contribution in [3.05, 3.63) is 48.0 Å². The summed E-state index contributed by atoms with van der Waals surface area (Å²) in [6, 6.07) is 12.2. The number of nitrogens with zero attached hydrogens (tertiary/aromatic N) is 3. The lowest BCUT2D eigenvalue weighted by Crippen LogP contribution is -2.36. The Morgan fingerprint density at radius 3 is 2.63 bits per heavy atom. The van der Waals surface area contributed by atoms with Crippen LogP contribution in [-0.4, -0.2) is 39.7 Å². The number of thiazole rings is 1. The van der Waals surface area contributed by atoms with Crippen molar-refractivity contribution in [1.82, 2.24) is 4.98 Å². The maximum atomic E-state index is 12.9. The number of rotatable bonds is 5. The van der Waals surface area contributed by atoms with E-state index >= 15 is 0 Å². The molecule has 2 aromatic carbocycles. The van der Waals surface area contributed by atoms with Crippen molar-refractivity contribution in [3.8, 4) is 0 Å². The number of aromatic nitrogens is 1. The molecule has 0 atom stereocenters. The minimum Gasteiger partial charge on any atom is -0.378 e. The Hall–Kier alpha value is -2.36. The highest BCUT2D eigenvalue weighted by Crippen LogP contribution is 2.37. The highest BCUT2D eigenvalue weighted by molar-refractivity contribution is 7.90. The maximum Gasteiger partial charge on any atom is 0.186 e. The third-order valence-electron chi connectivity index (χ3n) is 4.39. The van der Waals surface area contributed by atoms with E-state index in [9.17, 15) is 8.42 Å². The molecule has 1 fully saturated rings. The number of hydrogen-bond donors (Lipinski definition) is 1. The molecular formula is C18H18N4O3S2. The summed E-state index contributed by atoms with van der Waals surface area (Å²) in [4.78, 5) is 6.79. The van der Waals surface area contributed by atoms with E-state index in [0.29, 0.717) is 24.3 Å². The summed E-state index contributed by atoms with van der Waals surface area (Å²) in [5.74, 6) is -0.137. The molecular weight excluding hydrogens is 384 g/mol. The predicted octanol–water partition coefficient (Wildman–Crippen LogP) is 3.77. The average molecular weight is 403 g/mol. The summed E-state index contributed by atoms with van der Waals surface area (Å²) in [7, 11) is -3.65. The fourth-order valence-corrected chi connectivity index (χ4v) is 5.56. The summed E-state index contributed by atoms with van der Waals surface area (Å²) in [6.07, 6.45) is 0. The van der Waals surface area contributed by atoms with E-state index in [-0.39, 0.29) is 16.3 Å². The van der Waals surface area contributed by atoms with Crippen LogP contribution >= 0.6 is 11.3 Å². The number of sulfone groups is 1. The number of nitrogens with one attached hydrogen (secondary N) is 1. The molecule has 0 amide bonds. The van der Waals surface area contributed by atoms with Gasteiger partial charge in [0.2, 0.25) is 0 Å². The lowest BCUT2D eigenvalue weighted by Gasteiger charge is -2.25. The molecule has 7 nitrogen and oxygen atoms in total. The molecule has 140 valence electrons. The summed E-state index contributed by atoms with van der Waals surface area (Å²) in [5.41, 5.74) is 8.90. The molecule has 0 saturated carbocycles.